The molecule has 4 amide bonds. The van der Waals surface area contributed by atoms with Gasteiger partial charge in [0.05, 0.1) is 12.0 Å². The zero-order valence-corrected chi connectivity index (χ0v) is 25.1. The number of amides is 4. The fourth-order valence-corrected chi connectivity index (χ4v) is 5.16. The third-order valence-corrected chi connectivity index (χ3v) is 7.65. The number of benzene rings is 3. The molecule has 1 saturated heterocycles. The summed E-state index contributed by atoms with van der Waals surface area (Å²) in [4.78, 5) is 51.6. The van der Waals surface area contributed by atoms with Crippen molar-refractivity contribution in [2.45, 2.75) is 26.7 Å². The van der Waals surface area contributed by atoms with Crippen LogP contribution in [0.4, 0.5) is 16.2 Å². The summed E-state index contributed by atoms with van der Waals surface area (Å²) in [5, 5.41) is 5.46. The van der Waals surface area contributed by atoms with Crippen molar-refractivity contribution in [2.75, 3.05) is 30.9 Å². The number of ether oxygens (including phenoxy) is 2. The van der Waals surface area contributed by atoms with E-state index in [1.165, 1.54) is 13.2 Å². The summed E-state index contributed by atoms with van der Waals surface area (Å²) in [5.41, 5.74) is 3.64. The highest BCUT2D eigenvalue weighted by Gasteiger charge is 2.36. The van der Waals surface area contributed by atoms with Crippen LogP contribution in [0.25, 0.3) is 6.08 Å². The summed E-state index contributed by atoms with van der Waals surface area (Å²) >= 11 is 6.84. The largest absolute Gasteiger partial charge is 0.493 e. The maximum absolute atomic E-state index is 12.9. The maximum Gasteiger partial charge on any atom is 0.294 e. The number of carbonyl (C=O) groups is 4. The van der Waals surface area contributed by atoms with Crippen LogP contribution in [0.15, 0.2) is 65.6 Å². The van der Waals surface area contributed by atoms with Crippen molar-refractivity contribution in [1.29, 1.82) is 0 Å². The maximum atomic E-state index is 12.9. The van der Waals surface area contributed by atoms with Crippen molar-refractivity contribution in [2.24, 2.45) is 0 Å². The van der Waals surface area contributed by atoms with Gasteiger partial charge < -0.3 is 20.1 Å². The summed E-state index contributed by atoms with van der Waals surface area (Å²) in [6.07, 6.45) is 1.53. The number of para-hydroxylation sites is 1. The number of hydrogen-bond acceptors (Lipinski definition) is 7. The average molecular weight is 608 g/mol. The Morgan fingerprint density at radius 1 is 1.00 bits per heavy atom. The van der Waals surface area contributed by atoms with Gasteiger partial charge in [0, 0.05) is 16.4 Å². The van der Waals surface area contributed by atoms with Crippen molar-refractivity contribution in [3.63, 3.8) is 0 Å². The molecule has 2 N–H and O–H groups in total. The number of nitrogens with one attached hydrogen (secondary N) is 2. The van der Waals surface area contributed by atoms with Crippen LogP contribution in [0.3, 0.4) is 0 Å². The van der Waals surface area contributed by atoms with Gasteiger partial charge in [-0.3, -0.25) is 24.1 Å². The number of thioether (sulfide) groups is 1. The van der Waals surface area contributed by atoms with E-state index in [-0.39, 0.29) is 23.3 Å². The Bertz CT molecular complexity index is 1570. The van der Waals surface area contributed by atoms with Gasteiger partial charge in [-0.2, -0.15) is 0 Å². The van der Waals surface area contributed by atoms with Crippen LogP contribution in [0.1, 0.15) is 36.5 Å². The summed E-state index contributed by atoms with van der Waals surface area (Å²) < 4.78 is 11.1. The smallest absolute Gasteiger partial charge is 0.294 e. The number of imide groups is 1. The van der Waals surface area contributed by atoms with Crippen LogP contribution in [0.5, 0.6) is 11.5 Å². The van der Waals surface area contributed by atoms with Gasteiger partial charge in [-0.25, -0.2) is 0 Å². The third-order valence-electron chi connectivity index (χ3n) is 6.33. The monoisotopic (exact) mass is 607 g/mol. The van der Waals surface area contributed by atoms with E-state index in [0.29, 0.717) is 27.8 Å². The summed E-state index contributed by atoms with van der Waals surface area (Å²) in [5.74, 6) is -0.514. The van der Waals surface area contributed by atoms with E-state index in [2.05, 4.69) is 10.6 Å². The fraction of sp³-hybridized carbons (Fsp3) is 0.226. The lowest BCUT2D eigenvalue weighted by atomic mass is 10.0. The molecule has 4 rings (SSSR count). The Morgan fingerprint density at radius 3 is 2.48 bits per heavy atom. The fourth-order valence-electron chi connectivity index (χ4n) is 4.14. The van der Waals surface area contributed by atoms with Gasteiger partial charge in [0.2, 0.25) is 5.91 Å². The summed E-state index contributed by atoms with van der Waals surface area (Å²) in [6.45, 7) is 5.26. The Labute approximate surface area is 253 Å². The summed E-state index contributed by atoms with van der Waals surface area (Å²) in [7, 11) is 1.46. The van der Waals surface area contributed by atoms with Crippen molar-refractivity contribution in [1.82, 2.24) is 4.90 Å². The Kier molecular flexibility index (Phi) is 9.92. The molecule has 0 unspecified atom stereocenters. The predicted molar refractivity (Wildman–Crippen MR) is 165 cm³/mol. The molecule has 0 radical (unpaired) electrons. The van der Waals surface area contributed by atoms with Crippen LogP contribution in [0.2, 0.25) is 5.02 Å². The van der Waals surface area contributed by atoms with Crippen molar-refractivity contribution >= 4 is 63.8 Å². The highest BCUT2D eigenvalue weighted by molar-refractivity contribution is 8.18. The molecule has 0 bridgehead atoms. The standard InChI is InChI=1S/C31H30ClN3O6S/c1-18(2)22-7-5-6-8-24(22)34-29(37)17-41-25-12-10-20(13-26(25)40-4)14-27-30(38)35(31(39)42-27)16-28(36)33-21-11-9-19(3)23(32)15-21/h5-15,18H,16-17H2,1-4H3,(H,33,36)(H,34,37)/b27-14-. The molecule has 0 saturated carbocycles. The van der Waals surface area contributed by atoms with Crippen molar-refractivity contribution in [3.05, 3.63) is 87.3 Å². The molecule has 0 atom stereocenters. The molecule has 0 spiro atoms. The lowest BCUT2D eigenvalue weighted by molar-refractivity contribution is -0.127. The second-order valence-electron chi connectivity index (χ2n) is 9.77. The SMILES string of the molecule is COc1cc(/C=C2\SC(=O)N(CC(=O)Nc3ccc(C)c(Cl)c3)C2=O)ccc1OCC(=O)Nc1ccccc1C(C)C. The van der Waals surface area contributed by atoms with Crippen LogP contribution >= 0.6 is 23.4 Å². The molecular weight excluding hydrogens is 578 g/mol. The first-order chi connectivity index (χ1) is 20.0. The van der Waals surface area contributed by atoms with Gasteiger partial charge in [0.25, 0.3) is 17.1 Å². The molecule has 1 fully saturated rings. The number of halogens is 1. The first-order valence-electron chi connectivity index (χ1n) is 13.1. The minimum atomic E-state index is -0.584. The van der Waals surface area contributed by atoms with Gasteiger partial charge in [-0.05, 0) is 77.7 Å². The second kappa shape index (κ2) is 13.6. The second-order valence-corrected chi connectivity index (χ2v) is 11.2. The van der Waals surface area contributed by atoms with Crippen LogP contribution < -0.4 is 20.1 Å². The zero-order chi connectivity index (χ0) is 30.4. The topological polar surface area (TPSA) is 114 Å². The number of nitrogens with zero attached hydrogens (tertiary/aromatic N) is 1. The Balaban J connectivity index is 1.38. The lowest BCUT2D eigenvalue weighted by Gasteiger charge is -2.15. The first-order valence-corrected chi connectivity index (χ1v) is 14.3. The van der Waals surface area contributed by atoms with Gasteiger partial charge in [-0.1, -0.05) is 55.8 Å². The molecule has 3 aromatic carbocycles. The number of methoxy groups -OCH3 is 1. The molecule has 9 nitrogen and oxygen atoms in total. The first kappa shape index (κ1) is 30.7. The van der Waals surface area contributed by atoms with E-state index in [1.807, 2.05) is 45.0 Å². The van der Waals surface area contributed by atoms with Gasteiger partial charge in [-0.15, -0.1) is 0 Å². The average Bonchev–Trinajstić information content (AvgIpc) is 3.21. The van der Waals surface area contributed by atoms with Gasteiger partial charge >= 0.3 is 0 Å². The van der Waals surface area contributed by atoms with Gasteiger partial charge in [0.15, 0.2) is 18.1 Å². The molecule has 3 aromatic rings. The number of rotatable bonds is 10. The molecule has 42 heavy (non-hydrogen) atoms. The number of anilines is 2. The van der Waals surface area contributed by atoms with E-state index in [4.69, 9.17) is 21.1 Å². The number of aryl methyl sites for hydroxylation is 1. The van der Waals surface area contributed by atoms with Crippen LogP contribution in [-0.2, 0) is 14.4 Å². The molecule has 11 heteroatoms. The molecule has 0 aromatic heterocycles. The van der Waals surface area contributed by atoms with E-state index in [1.54, 1.807) is 36.4 Å². The molecule has 1 heterocycles. The van der Waals surface area contributed by atoms with Crippen LogP contribution in [-0.4, -0.2) is 48.1 Å². The van der Waals surface area contributed by atoms with Crippen molar-refractivity contribution in [3.8, 4) is 11.5 Å². The van der Waals surface area contributed by atoms with E-state index >= 15 is 0 Å². The highest BCUT2D eigenvalue weighted by atomic mass is 35.5. The minimum Gasteiger partial charge on any atom is -0.493 e. The van der Waals surface area contributed by atoms with Gasteiger partial charge in [0.1, 0.15) is 6.54 Å². The zero-order valence-electron chi connectivity index (χ0n) is 23.5. The summed E-state index contributed by atoms with van der Waals surface area (Å²) in [6, 6.07) is 17.6. The number of carbonyl (C=O) groups excluding carboxylic acids is 4. The van der Waals surface area contributed by atoms with E-state index in [9.17, 15) is 19.2 Å². The minimum absolute atomic E-state index is 0.157. The molecule has 0 aliphatic carbocycles. The molecule has 1 aliphatic rings. The Hall–Kier alpha value is -4.28. The molecule has 1 aliphatic heterocycles. The molecular formula is C31H30ClN3O6S. The lowest BCUT2D eigenvalue weighted by Crippen LogP contribution is -2.36. The Morgan fingerprint density at radius 2 is 1.76 bits per heavy atom. The van der Waals surface area contributed by atoms with E-state index in [0.717, 1.165) is 33.5 Å². The molecule has 218 valence electrons. The van der Waals surface area contributed by atoms with Crippen LogP contribution in [0, 0.1) is 6.92 Å². The quantitative estimate of drug-likeness (QED) is 0.254. The highest BCUT2D eigenvalue weighted by Crippen LogP contribution is 2.35. The number of hydrogen-bond donors (Lipinski definition) is 2. The predicted octanol–water partition coefficient (Wildman–Crippen LogP) is 6.47. The van der Waals surface area contributed by atoms with E-state index < -0.39 is 23.6 Å². The van der Waals surface area contributed by atoms with Crippen molar-refractivity contribution < 1.29 is 28.7 Å². The third kappa shape index (κ3) is 7.51. The normalized spacial score (nSPS) is 14.0.